The van der Waals surface area contributed by atoms with Crippen LogP contribution in [0.4, 0.5) is 0 Å². The van der Waals surface area contributed by atoms with Gasteiger partial charge in [-0.25, -0.2) is 5.43 Å². The van der Waals surface area contributed by atoms with E-state index in [-0.39, 0.29) is 24.0 Å². The summed E-state index contributed by atoms with van der Waals surface area (Å²) in [5.74, 6) is -0.702. The summed E-state index contributed by atoms with van der Waals surface area (Å²) in [6.07, 6.45) is 4.94. The van der Waals surface area contributed by atoms with Gasteiger partial charge in [0, 0.05) is 12.1 Å². The minimum atomic E-state index is -0.263. The summed E-state index contributed by atoms with van der Waals surface area (Å²) < 4.78 is 1.72. The molecule has 6 heteroatoms. The van der Waals surface area contributed by atoms with E-state index >= 15 is 0 Å². The number of phenols is 2. The second kappa shape index (κ2) is 6.33. The van der Waals surface area contributed by atoms with Gasteiger partial charge in [0.25, 0.3) is 0 Å². The van der Waals surface area contributed by atoms with Gasteiger partial charge in [0.1, 0.15) is 0 Å². The number of amides is 1. The summed E-state index contributed by atoms with van der Waals surface area (Å²) in [7, 11) is 0. The van der Waals surface area contributed by atoms with Crippen LogP contribution < -0.4 is 9.99 Å². The molecule has 6 nitrogen and oxygen atoms in total. The van der Waals surface area contributed by atoms with E-state index in [0.717, 1.165) is 0 Å². The Balaban J connectivity index is 1.89. The van der Waals surface area contributed by atoms with Gasteiger partial charge in [-0.05, 0) is 23.8 Å². The molecule has 0 radical (unpaired) electrons. The quantitative estimate of drug-likeness (QED) is 0.328. The highest BCUT2D eigenvalue weighted by molar-refractivity contribution is 5.82. The smallest absolute Gasteiger partial charge is 0.305 e. The van der Waals surface area contributed by atoms with Crippen LogP contribution in [0.5, 0.6) is 11.5 Å². The van der Waals surface area contributed by atoms with E-state index in [0.29, 0.717) is 5.56 Å². The van der Waals surface area contributed by atoms with E-state index in [9.17, 15) is 9.90 Å². The fourth-order valence-corrected chi connectivity index (χ4v) is 1.54. The summed E-state index contributed by atoms with van der Waals surface area (Å²) >= 11 is 0. The van der Waals surface area contributed by atoms with Crippen molar-refractivity contribution in [3.63, 3.8) is 0 Å². The van der Waals surface area contributed by atoms with Crippen LogP contribution in [0.2, 0.25) is 0 Å². The minimum Gasteiger partial charge on any atom is -0.504 e. The number of hydrazone groups is 1. The molecular formula is C14H14N3O3+. The number of aromatic hydroxyl groups is 2. The van der Waals surface area contributed by atoms with Crippen LogP contribution in [0.15, 0.2) is 53.9 Å². The largest absolute Gasteiger partial charge is 0.504 e. The van der Waals surface area contributed by atoms with Crippen molar-refractivity contribution in [2.24, 2.45) is 5.10 Å². The average molecular weight is 272 g/mol. The van der Waals surface area contributed by atoms with Crippen molar-refractivity contribution >= 4 is 12.1 Å². The summed E-state index contributed by atoms with van der Waals surface area (Å²) in [4.78, 5) is 11.6. The number of hydrogen-bond acceptors (Lipinski definition) is 4. The van der Waals surface area contributed by atoms with Gasteiger partial charge in [-0.2, -0.15) is 9.67 Å². The lowest BCUT2D eigenvalue weighted by Crippen LogP contribution is -2.40. The third-order valence-corrected chi connectivity index (χ3v) is 2.51. The maximum atomic E-state index is 11.6. The molecule has 2 rings (SSSR count). The molecule has 0 atom stereocenters. The van der Waals surface area contributed by atoms with Crippen LogP contribution in [-0.4, -0.2) is 22.3 Å². The average Bonchev–Trinajstić information content (AvgIpc) is 2.44. The first-order chi connectivity index (χ1) is 9.65. The predicted octanol–water partition coefficient (Wildman–Crippen LogP) is 0.536. The van der Waals surface area contributed by atoms with Crippen LogP contribution in [-0.2, 0) is 11.3 Å². The molecule has 102 valence electrons. The molecule has 1 aromatic carbocycles. The third kappa shape index (κ3) is 3.81. The zero-order valence-electron chi connectivity index (χ0n) is 10.6. The lowest BCUT2D eigenvalue weighted by molar-refractivity contribution is -0.684. The Morgan fingerprint density at radius 2 is 1.95 bits per heavy atom. The van der Waals surface area contributed by atoms with Crippen molar-refractivity contribution in [3.8, 4) is 11.5 Å². The molecule has 1 aromatic heterocycles. The van der Waals surface area contributed by atoms with Crippen LogP contribution >= 0.6 is 0 Å². The normalized spacial score (nSPS) is 10.6. The van der Waals surface area contributed by atoms with Gasteiger partial charge in [0.05, 0.1) is 6.21 Å². The second-order valence-electron chi connectivity index (χ2n) is 4.09. The van der Waals surface area contributed by atoms with Crippen molar-refractivity contribution in [1.82, 2.24) is 5.43 Å². The Kier molecular flexibility index (Phi) is 4.28. The van der Waals surface area contributed by atoms with Crippen molar-refractivity contribution in [3.05, 3.63) is 54.4 Å². The third-order valence-electron chi connectivity index (χ3n) is 2.51. The number of hydrogen-bond donors (Lipinski definition) is 3. The van der Waals surface area contributed by atoms with E-state index in [1.54, 1.807) is 23.0 Å². The second-order valence-corrected chi connectivity index (χ2v) is 4.09. The zero-order chi connectivity index (χ0) is 14.4. The number of carbonyl (C=O) groups is 1. The van der Waals surface area contributed by atoms with E-state index in [4.69, 9.17) is 5.11 Å². The molecule has 0 unspecified atom stereocenters. The van der Waals surface area contributed by atoms with E-state index in [1.807, 2.05) is 18.2 Å². The zero-order valence-corrected chi connectivity index (χ0v) is 10.6. The Morgan fingerprint density at radius 1 is 1.20 bits per heavy atom. The summed E-state index contributed by atoms with van der Waals surface area (Å²) in [5, 5.41) is 22.2. The van der Waals surface area contributed by atoms with Gasteiger partial charge >= 0.3 is 5.91 Å². The van der Waals surface area contributed by atoms with Crippen molar-refractivity contribution in [1.29, 1.82) is 0 Å². The summed E-state index contributed by atoms with van der Waals surface area (Å²) in [6, 6.07) is 9.78. The first-order valence-electron chi connectivity index (χ1n) is 5.93. The molecular weight excluding hydrogens is 258 g/mol. The fourth-order valence-electron chi connectivity index (χ4n) is 1.54. The topological polar surface area (TPSA) is 85.8 Å². The fraction of sp³-hybridized carbons (Fsp3) is 0.0714. The molecule has 0 bridgehead atoms. The van der Waals surface area contributed by atoms with Crippen LogP contribution in [0.25, 0.3) is 0 Å². The van der Waals surface area contributed by atoms with E-state index in [1.165, 1.54) is 18.3 Å². The molecule has 0 spiro atoms. The number of nitrogens with zero attached hydrogens (tertiary/aromatic N) is 2. The Bertz CT molecular complexity index is 627. The summed E-state index contributed by atoms with van der Waals surface area (Å²) in [6.45, 7) is 0.166. The number of nitrogens with one attached hydrogen (secondary N) is 1. The molecule has 1 amide bonds. The van der Waals surface area contributed by atoms with Crippen molar-refractivity contribution in [2.45, 2.75) is 6.54 Å². The number of phenolic OH excluding ortho intramolecular Hbond substituents is 2. The SMILES string of the molecule is O=C(C[n+]1ccccc1)N/N=C/c1ccc(O)c(O)c1. The van der Waals surface area contributed by atoms with E-state index < -0.39 is 0 Å². The van der Waals surface area contributed by atoms with Gasteiger partial charge in [-0.1, -0.05) is 6.07 Å². The Hall–Kier alpha value is -2.89. The lowest BCUT2D eigenvalue weighted by atomic mass is 10.2. The van der Waals surface area contributed by atoms with Crippen molar-refractivity contribution in [2.75, 3.05) is 0 Å². The van der Waals surface area contributed by atoms with Crippen LogP contribution in [0, 0.1) is 0 Å². The standard InChI is InChI=1S/C14H13N3O3/c18-12-5-4-11(8-13(12)19)9-15-16-14(20)10-17-6-2-1-3-7-17/h1-9H,10H2,(H2-,15,16,18,19,20)/p+1. The number of pyridine rings is 1. The van der Waals surface area contributed by atoms with Gasteiger partial charge in [-0.15, -0.1) is 0 Å². The highest BCUT2D eigenvalue weighted by atomic mass is 16.3. The van der Waals surface area contributed by atoms with Gasteiger partial charge in [0.15, 0.2) is 23.9 Å². The molecule has 0 saturated heterocycles. The van der Waals surface area contributed by atoms with Gasteiger partial charge < -0.3 is 10.2 Å². The first kappa shape index (κ1) is 13.5. The highest BCUT2D eigenvalue weighted by Gasteiger charge is 2.06. The molecule has 0 aliphatic heterocycles. The van der Waals surface area contributed by atoms with Gasteiger partial charge in [0.2, 0.25) is 6.54 Å². The molecule has 0 aliphatic carbocycles. The molecule has 0 fully saturated rings. The molecule has 20 heavy (non-hydrogen) atoms. The number of benzene rings is 1. The monoisotopic (exact) mass is 272 g/mol. The summed E-state index contributed by atoms with van der Waals surface area (Å²) in [5.41, 5.74) is 2.94. The van der Waals surface area contributed by atoms with Crippen LogP contribution in [0.1, 0.15) is 5.56 Å². The maximum Gasteiger partial charge on any atom is 0.305 e. The molecule has 1 heterocycles. The minimum absolute atomic E-state index is 0.166. The Labute approximate surface area is 115 Å². The number of carbonyl (C=O) groups excluding carboxylic acids is 1. The van der Waals surface area contributed by atoms with Gasteiger partial charge in [-0.3, -0.25) is 4.79 Å². The molecule has 3 N–H and O–H groups in total. The van der Waals surface area contributed by atoms with Crippen LogP contribution in [0.3, 0.4) is 0 Å². The molecule has 2 aromatic rings. The number of rotatable bonds is 4. The number of aromatic nitrogens is 1. The first-order valence-corrected chi connectivity index (χ1v) is 5.93. The highest BCUT2D eigenvalue weighted by Crippen LogP contribution is 2.23. The lowest BCUT2D eigenvalue weighted by Gasteiger charge is -1.99. The van der Waals surface area contributed by atoms with Crippen molar-refractivity contribution < 1.29 is 19.6 Å². The maximum absolute atomic E-state index is 11.6. The molecule has 0 saturated carbocycles. The predicted molar refractivity (Wildman–Crippen MR) is 72.1 cm³/mol. The molecule has 0 aliphatic rings. The Morgan fingerprint density at radius 3 is 2.65 bits per heavy atom. The van der Waals surface area contributed by atoms with E-state index in [2.05, 4.69) is 10.5 Å².